The number of likely N-dealkylation sites (tertiary alicyclic amines) is 1. The van der Waals surface area contributed by atoms with Crippen molar-refractivity contribution in [1.82, 2.24) is 15.5 Å². The zero-order chi connectivity index (χ0) is 17.6. The molecule has 2 N–H and O–H groups in total. The molecule has 6 heteroatoms. The molecule has 136 valence electrons. The Morgan fingerprint density at radius 2 is 1.96 bits per heavy atom. The summed E-state index contributed by atoms with van der Waals surface area (Å²) in [5.74, 6) is 0.954. The number of carbonyl (C=O) groups is 2. The van der Waals surface area contributed by atoms with Crippen LogP contribution in [-0.4, -0.2) is 49.1 Å². The molecule has 1 saturated heterocycles. The van der Waals surface area contributed by atoms with Crippen LogP contribution in [0.1, 0.15) is 31.7 Å². The number of nitrogens with one attached hydrogen (secondary N) is 2. The van der Waals surface area contributed by atoms with Gasteiger partial charge < -0.3 is 20.3 Å². The van der Waals surface area contributed by atoms with E-state index in [0.29, 0.717) is 26.2 Å². The Kier molecular flexibility index (Phi) is 5.79. The zero-order valence-electron chi connectivity index (χ0n) is 14.8. The van der Waals surface area contributed by atoms with Crippen LogP contribution in [0.25, 0.3) is 0 Å². The number of amides is 3. The first kappa shape index (κ1) is 17.6. The number of fused-ring (bicyclic) bond motifs is 1. The average molecular weight is 345 g/mol. The Balaban J connectivity index is 1.51. The smallest absolute Gasteiger partial charge is 0.317 e. The SMILES string of the molecule is CCNC(=O)N1CCC(NC(=O)[C@@H]2CCOc3ccccc3C2)CC1. The van der Waals surface area contributed by atoms with Crippen LogP contribution in [0.2, 0.25) is 0 Å². The van der Waals surface area contributed by atoms with Crippen LogP contribution >= 0.6 is 0 Å². The summed E-state index contributed by atoms with van der Waals surface area (Å²) in [6.07, 6.45) is 3.07. The number of piperidine rings is 1. The van der Waals surface area contributed by atoms with Gasteiger partial charge in [-0.05, 0) is 44.2 Å². The molecule has 1 atom stereocenters. The normalized spacial score (nSPS) is 20.8. The third kappa shape index (κ3) is 4.44. The van der Waals surface area contributed by atoms with Crippen LogP contribution in [0.3, 0.4) is 0 Å². The molecular weight excluding hydrogens is 318 g/mol. The van der Waals surface area contributed by atoms with Crippen LogP contribution < -0.4 is 15.4 Å². The number of urea groups is 1. The fourth-order valence-electron chi connectivity index (χ4n) is 3.52. The largest absolute Gasteiger partial charge is 0.493 e. The topological polar surface area (TPSA) is 70.7 Å². The number of ether oxygens (including phenoxy) is 1. The van der Waals surface area contributed by atoms with Crippen molar-refractivity contribution in [3.05, 3.63) is 29.8 Å². The molecule has 0 radical (unpaired) electrons. The maximum Gasteiger partial charge on any atom is 0.317 e. The highest BCUT2D eigenvalue weighted by molar-refractivity contribution is 5.79. The van der Waals surface area contributed by atoms with Gasteiger partial charge in [-0.25, -0.2) is 4.79 Å². The van der Waals surface area contributed by atoms with Gasteiger partial charge in [-0.3, -0.25) is 4.79 Å². The summed E-state index contributed by atoms with van der Waals surface area (Å²) in [5.41, 5.74) is 1.10. The van der Waals surface area contributed by atoms with E-state index in [2.05, 4.69) is 10.6 Å². The van der Waals surface area contributed by atoms with Crippen molar-refractivity contribution in [2.45, 2.75) is 38.6 Å². The number of benzene rings is 1. The highest BCUT2D eigenvalue weighted by Gasteiger charge is 2.28. The number of nitrogens with zero attached hydrogens (tertiary/aromatic N) is 1. The van der Waals surface area contributed by atoms with E-state index in [0.717, 1.165) is 37.0 Å². The first-order chi connectivity index (χ1) is 12.2. The molecule has 0 spiro atoms. The van der Waals surface area contributed by atoms with E-state index in [1.165, 1.54) is 0 Å². The van der Waals surface area contributed by atoms with Crippen LogP contribution in [0.15, 0.2) is 24.3 Å². The number of carbonyl (C=O) groups excluding carboxylic acids is 2. The summed E-state index contributed by atoms with van der Waals surface area (Å²) in [6, 6.07) is 8.09. The first-order valence-corrected chi connectivity index (χ1v) is 9.21. The molecule has 1 aromatic rings. The maximum atomic E-state index is 12.7. The summed E-state index contributed by atoms with van der Waals surface area (Å²) in [4.78, 5) is 26.4. The minimum atomic E-state index is -0.0509. The number of hydrogen-bond donors (Lipinski definition) is 2. The van der Waals surface area contributed by atoms with Crippen LogP contribution in [-0.2, 0) is 11.2 Å². The van der Waals surface area contributed by atoms with Gasteiger partial charge in [-0.2, -0.15) is 0 Å². The van der Waals surface area contributed by atoms with E-state index in [9.17, 15) is 9.59 Å². The lowest BCUT2D eigenvalue weighted by Crippen LogP contribution is -2.50. The molecule has 25 heavy (non-hydrogen) atoms. The molecule has 2 aliphatic heterocycles. The van der Waals surface area contributed by atoms with Gasteiger partial charge in [0.05, 0.1) is 6.61 Å². The lowest BCUT2D eigenvalue weighted by Gasteiger charge is -2.33. The quantitative estimate of drug-likeness (QED) is 0.879. The second kappa shape index (κ2) is 8.23. The van der Waals surface area contributed by atoms with Crippen LogP contribution in [0.4, 0.5) is 4.79 Å². The zero-order valence-corrected chi connectivity index (χ0v) is 14.8. The maximum absolute atomic E-state index is 12.7. The summed E-state index contributed by atoms with van der Waals surface area (Å²) in [5, 5.41) is 6.01. The van der Waals surface area contributed by atoms with E-state index in [1.54, 1.807) is 0 Å². The molecule has 2 aliphatic rings. The molecular formula is C19H27N3O3. The molecule has 0 saturated carbocycles. The van der Waals surface area contributed by atoms with Crippen molar-refractivity contribution < 1.29 is 14.3 Å². The molecule has 0 aliphatic carbocycles. The standard InChI is InChI=1S/C19H27N3O3/c1-2-20-19(24)22-10-7-16(8-11-22)21-18(23)15-9-12-25-17-6-4-3-5-14(17)13-15/h3-6,15-16H,2,7-13H2,1H3,(H,20,24)(H,21,23)/t15-/m1/s1. The lowest BCUT2D eigenvalue weighted by molar-refractivity contribution is -0.126. The molecule has 0 unspecified atom stereocenters. The van der Waals surface area contributed by atoms with Crippen molar-refractivity contribution >= 4 is 11.9 Å². The Bertz CT molecular complexity index is 612. The predicted octanol–water partition coefficient (Wildman–Crippen LogP) is 1.94. The van der Waals surface area contributed by atoms with Gasteiger partial charge in [0, 0.05) is 31.6 Å². The number of rotatable bonds is 3. The van der Waals surface area contributed by atoms with Gasteiger partial charge in [0.15, 0.2) is 0 Å². The number of hydrogen-bond acceptors (Lipinski definition) is 3. The summed E-state index contributed by atoms with van der Waals surface area (Å²) >= 11 is 0. The van der Waals surface area contributed by atoms with Gasteiger partial charge in [-0.1, -0.05) is 18.2 Å². The van der Waals surface area contributed by atoms with Crippen LogP contribution in [0, 0.1) is 5.92 Å². The van der Waals surface area contributed by atoms with Gasteiger partial charge in [0.25, 0.3) is 0 Å². The van der Waals surface area contributed by atoms with E-state index >= 15 is 0 Å². The summed E-state index contributed by atoms with van der Waals surface area (Å²) in [6.45, 7) is 4.51. The van der Waals surface area contributed by atoms with E-state index in [4.69, 9.17) is 4.74 Å². The molecule has 0 bridgehead atoms. The highest BCUT2D eigenvalue weighted by Crippen LogP contribution is 2.27. The Labute approximate surface area is 148 Å². The molecule has 1 aromatic carbocycles. The third-order valence-electron chi connectivity index (χ3n) is 4.99. The first-order valence-electron chi connectivity index (χ1n) is 9.21. The third-order valence-corrected chi connectivity index (χ3v) is 4.99. The summed E-state index contributed by atoms with van der Waals surface area (Å²) < 4.78 is 5.75. The van der Waals surface area contributed by atoms with Crippen molar-refractivity contribution in [3.63, 3.8) is 0 Å². The average Bonchev–Trinajstić information content (AvgIpc) is 2.85. The Morgan fingerprint density at radius 3 is 2.72 bits per heavy atom. The minimum Gasteiger partial charge on any atom is -0.493 e. The summed E-state index contributed by atoms with van der Waals surface area (Å²) in [7, 11) is 0. The van der Waals surface area contributed by atoms with E-state index in [-0.39, 0.29) is 23.9 Å². The second-order valence-electron chi connectivity index (χ2n) is 6.75. The molecule has 3 amide bonds. The second-order valence-corrected chi connectivity index (χ2v) is 6.75. The van der Waals surface area contributed by atoms with E-state index in [1.807, 2.05) is 36.1 Å². The molecule has 2 heterocycles. The Hall–Kier alpha value is -2.24. The molecule has 1 fully saturated rings. The highest BCUT2D eigenvalue weighted by atomic mass is 16.5. The van der Waals surface area contributed by atoms with Gasteiger partial charge in [0.2, 0.25) is 5.91 Å². The van der Waals surface area contributed by atoms with Gasteiger partial charge in [0.1, 0.15) is 5.75 Å². The predicted molar refractivity (Wildman–Crippen MR) is 95.6 cm³/mol. The monoisotopic (exact) mass is 345 g/mol. The molecule has 0 aromatic heterocycles. The molecule has 6 nitrogen and oxygen atoms in total. The Morgan fingerprint density at radius 1 is 1.20 bits per heavy atom. The van der Waals surface area contributed by atoms with Crippen molar-refractivity contribution in [2.24, 2.45) is 5.92 Å². The molecule has 3 rings (SSSR count). The minimum absolute atomic E-state index is 0.00944. The fraction of sp³-hybridized carbons (Fsp3) is 0.579. The lowest BCUT2D eigenvalue weighted by atomic mass is 9.95. The van der Waals surface area contributed by atoms with Gasteiger partial charge >= 0.3 is 6.03 Å². The van der Waals surface area contributed by atoms with Crippen LogP contribution in [0.5, 0.6) is 5.75 Å². The van der Waals surface area contributed by atoms with E-state index < -0.39 is 0 Å². The van der Waals surface area contributed by atoms with Crippen molar-refractivity contribution in [1.29, 1.82) is 0 Å². The van der Waals surface area contributed by atoms with Crippen molar-refractivity contribution in [3.8, 4) is 5.75 Å². The van der Waals surface area contributed by atoms with Crippen molar-refractivity contribution in [2.75, 3.05) is 26.2 Å². The van der Waals surface area contributed by atoms with Gasteiger partial charge in [-0.15, -0.1) is 0 Å². The number of para-hydroxylation sites is 1. The fourth-order valence-corrected chi connectivity index (χ4v) is 3.52.